The second kappa shape index (κ2) is 10.2. The van der Waals surface area contributed by atoms with Crippen molar-refractivity contribution >= 4 is 23.4 Å². The third-order valence-corrected chi connectivity index (χ3v) is 7.55. The molecule has 5 rings (SSSR count). The van der Waals surface area contributed by atoms with Gasteiger partial charge in [-0.1, -0.05) is 25.3 Å². The zero-order valence-corrected chi connectivity index (χ0v) is 21.2. The average molecular weight is 489 g/mol. The van der Waals surface area contributed by atoms with E-state index in [0.717, 1.165) is 67.0 Å². The van der Waals surface area contributed by atoms with Crippen LogP contribution in [0, 0.1) is 25.6 Å². The van der Waals surface area contributed by atoms with E-state index in [1.165, 1.54) is 24.1 Å². The molecule has 1 saturated carbocycles. The molecular weight excluding hydrogens is 455 g/mol. The van der Waals surface area contributed by atoms with Crippen molar-refractivity contribution < 1.29 is 13.9 Å². The van der Waals surface area contributed by atoms with Crippen LogP contribution in [0.5, 0.6) is 5.75 Å². The van der Waals surface area contributed by atoms with E-state index < -0.39 is 0 Å². The van der Waals surface area contributed by atoms with Crippen LogP contribution >= 0.6 is 0 Å². The van der Waals surface area contributed by atoms with Gasteiger partial charge in [0.2, 0.25) is 5.95 Å². The smallest absolute Gasteiger partial charge is 0.314 e. The third kappa shape index (κ3) is 5.06. The predicted octanol–water partition coefficient (Wildman–Crippen LogP) is 6.59. The number of ether oxygens (including phenoxy) is 1. The van der Waals surface area contributed by atoms with Crippen molar-refractivity contribution in [3.8, 4) is 5.75 Å². The molecule has 0 amide bonds. The summed E-state index contributed by atoms with van der Waals surface area (Å²) in [6.07, 6.45) is 6.14. The quantitative estimate of drug-likeness (QED) is 0.323. The third-order valence-electron chi connectivity index (χ3n) is 7.55. The van der Waals surface area contributed by atoms with E-state index in [9.17, 15) is 9.18 Å². The van der Waals surface area contributed by atoms with E-state index in [0.29, 0.717) is 11.7 Å². The van der Waals surface area contributed by atoms with Crippen molar-refractivity contribution in [3.05, 3.63) is 70.7 Å². The number of carbonyl (C=O) groups is 1. The molecule has 0 saturated heterocycles. The van der Waals surface area contributed by atoms with Crippen LogP contribution in [0.15, 0.2) is 42.5 Å². The summed E-state index contributed by atoms with van der Waals surface area (Å²) < 4.78 is 19.1. The Morgan fingerprint density at radius 3 is 2.56 bits per heavy atom. The Morgan fingerprint density at radius 2 is 1.81 bits per heavy atom. The first-order chi connectivity index (χ1) is 17.4. The van der Waals surface area contributed by atoms with Crippen LogP contribution in [0.1, 0.15) is 67.5 Å². The summed E-state index contributed by atoms with van der Waals surface area (Å²) in [6.45, 7) is 7.00. The number of halogens is 1. The van der Waals surface area contributed by atoms with Gasteiger partial charge in [-0.2, -0.15) is 4.98 Å². The van der Waals surface area contributed by atoms with E-state index in [-0.39, 0.29) is 23.7 Å². The van der Waals surface area contributed by atoms with Crippen LogP contribution in [0.2, 0.25) is 0 Å². The van der Waals surface area contributed by atoms with Crippen molar-refractivity contribution in [1.82, 2.24) is 9.97 Å². The Bertz CT molecular complexity index is 1250. The summed E-state index contributed by atoms with van der Waals surface area (Å²) in [5.41, 5.74) is 5.06. The maximum Gasteiger partial charge on any atom is 0.314 e. The highest BCUT2D eigenvalue weighted by Crippen LogP contribution is 2.37. The lowest BCUT2D eigenvalue weighted by Crippen LogP contribution is -2.35. The molecule has 1 aromatic heterocycles. The fraction of sp³-hybridized carbons (Fsp3) is 0.414. The molecule has 2 heterocycles. The number of hydrogen-bond acceptors (Lipinski definition) is 6. The molecule has 0 radical (unpaired) electrons. The van der Waals surface area contributed by atoms with Gasteiger partial charge in [0.1, 0.15) is 17.4 Å². The van der Waals surface area contributed by atoms with Gasteiger partial charge >= 0.3 is 5.97 Å². The largest absolute Gasteiger partial charge is 0.426 e. The number of benzene rings is 2. The summed E-state index contributed by atoms with van der Waals surface area (Å²) in [5, 5.41) is 3.20. The number of fused-ring (bicyclic) bond motifs is 1. The summed E-state index contributed by atoms with van der Waals surface area (Å²) in [6, 6.07) is 12.2. The lowest BCUT2D eigenvalue weighted by atomic mass is 9.89. The Labute approximate surface area is 211 Å². The Kier molecular flexibility index (Phi) is 6.90. The van der Waals surface area contributed by atoms with Crippen molar-refractivity contribution in [3.63, 3.8) is 0 Å². The van der Waals surface area contributed by atoms with Crippen LogP contribution < -0.4 is 15.0 Å². The maximum atomic E-state index is 13.3. The first-order valence-electron chi connectivity index (χ1n) is 12.9. The zero-order valence-electron chi connectivity index (χ0n) is 21.2. The molecule has 1 N–H and O–H groups in total. The average Bonchev–Trinajstić information content (AvgIpc) is 2.89. The number of hydrogen-bond donors (Lipinski definition) is 1. The van der Waals surface area contributed by atoms with E-state index >= 15 is 0 Å². The van der Waals surface area contributed by atoms with Crippen LogP contribution in [0.3, 0.4) is 0 Å². The van der Waals surface area contributed by atoms with Crippen molar-refractivity contribution in [2.24, 2.45) is 5.92 Å². The number of nitrogens with one attached hydrogen (secondary N) is 1. The van der Waals surface area contributed by atoms with E-state index in [4.69, 9.17) is 9.72 Å². The Morgan fingerprint density at radius 1 is 1.06 bits per heavy atom. The van der Waals surface area contributed by atoms with Crippen LogP contribution in [0.4, 0.5) is 21.8 Å². The van der Waals surface area contributed by atoms with E-state index in [2.05, 4.69) is 28.2 Å². The van der Waals surface area contributed by atoms with Gasteiger partial charge in [0.05, 0.1) is 12.0 Å². The lowest BCUT2D eigenvalue weighted by Gasteiger charge is -2.37. The fourth-order valence-corrected chi connectivity index (χ4v) is 5.29. The minimum atomic E-state index is -0.285. The molecule has 2 aromatic carbocycles. The normalized spacial score (nSPS) is 18.0. The van der Waals surface area contributed by atoms with Gasteiger partial charge < -0.3 is 15.0 Å². The number of aryl methyl sites for hydroxylation is 1. The van der Waals surface area contributed by atoms with Gasteiger partial charge in [-0.3, -0.25) is 4.79 Å². The van der Waals surface area contributed by atoms with Gasteiger partial charge in [0.15, 0.2) is 0 Å². The lowest BCUT2D eigenvalue weighted by molar-refractivity contribution is -0.139. The number of aromatic nitrogens is 2. The van der Waals surface area contributed by atoms with Gasteiger partial charge in [-0.25, -0.2) is 9.37 Å². The molecule has 0 bridgehead atoms. The SMILES string of the molecule is Cc1nc(Nc2ccc(F)cc2)nc(N2CCc3ccc(OC(=O)C4CCCCC4)cc3C2C)c1C. The molecule has 1 fully saturated rings. The number of carbonyl (C=O) groups excluding carboxylic acids is 1. The molecule has 188 valence electrons. The Balaban J connectivity index is 1.38. The van der Waals surface area contributed by atoms with Crippen LogP contribution in [0.25, 0.3) is 0 Å². The minimum Gasteiger partial charge on any atom is -0.426 e. The molecular formula is C29H33FN4O2. The number of nitrogens with zero attached hydrogens (tertiary/aromatic N) is 3. The van der Waals surface area contributed by atoms with Crippen molar-refractivity contribution in [2.45, 2.75) is 65.3 Å². The number of rotatable bonds is 5. The molecule has 1 aliphatic heterocycles. The first-order valence-corrected chi connectivity index (χ1v) is 12.9. The molecule has 0 spiro atoms. The topological polar surface area (TPSA) is 67.3 Å². The second-order valence-corrected chi connectivity index (χ2v) is 9.95. The molecule has 1 unspecified atom stereocenters. The van der Waals surface area contributed by atoms with Crippen molar-refractivity contribution in [2.75, 3.05) is 16.8 Å². The highest BCUT2D eigenvalue weighted by Gasteiger charge is 2.29. The molecule has 3 aromatic rings. The second-order valence-electron chi connectivity index (χ2n) is 9.95. The highest BCUT2D eigenvalue weighted by atomic mass is 19.1. The summed E-state index contributed by atoms with van der Waals surface area (Å²) in [4.78, 5) is 24.5. The molecule has 6 nitrogen and oxygen atoms in total. The minimum absolute atomic E-state index is 0.0161. The first kappa shape index (κ1) is 24.2. The molecule has 2 aliphatic rings. The zero-order chi connectivity index (χ0) is 25.2. The van der Waals surface area contributed by atoms with E-state index in [1.54, 1.807) is 12.1 Å². The van der Waals surface area contributed by atoms with Crippen LogP contribution in [-0.4, -0.2) is 22.5 Å². The highest BCUT2D eigenvalue weighted by molar-refractivity contribution is 5.75. The van der Waals surface area contributed by atoms with Crippen LogP contribution in [-0.2, 0) is 11.2 Å². The van der Waals surface area contributed by atoms with Gasteiger partial charge in [-0.05, 0) is 87.6 Å². The molecule has 1 atom stereocenters. The summed E-state index contributed by atoms with van der Waals surface area (Å²) in [7, 11) is 0. The summed E-state index contributed by atoms with van der Waals surface area (Å²) >= 11 is 0. The number of esters is 1. The Hall–Kier alpha value is -3.48. The molecule has 7 heteroatoms. The molecule has 36 heavy (non-hydrogen) atoms. The van der Waals surface area contributed by atoms with E-state index in [1.807, 2.05) is 26.0 Å². The maximum absolute atomic E-state index is 13.3. The monoisotopic (exact) mass is 488 g/mol. The van der Waals surface area contributed by atoms with Gasteiger partial charge in [-0.15, -0.1) is 0 Å². The predicted molar refractivity (Wildman–Crippen MR) is 139 cm³/mol. The van der Waals surface area contributed by atoms with Crippen molar-refractivity contribution in [1.29, 1.82) is 0 Å². The van der Waals surface area contributed by atoms with Gasteiger partial charge in [0.25, 0.3) is 0 Å². The standard InChI is InChI=1S/C29H33FN4O2/c1-18-19(2)31-29(32-24-12-10-23(30)11-13-24)33-27(18)34-16-15-21-9-14-25(17-26(21)20(34)3)36-28(35)22-7-5-4-6-8-22/h9-14,17,20,22H,4-8,15-16H2,1-3H3,(H,31,32,33). The number of anilines is 3. The fourth-order valence-electron chi connectivity index (χ4n) is 5.29. The molecule has 1 aliphatic carbocycles. The summed E-state index contributed by atoms with van der Waals surface area (Å²) in [5.74, 6) is 1.60. The van der Waals surface area contributed by atoms with Gasteiger partial charge in [0, 0.05) is 23.5 Å².